The third kappa shape index (κ3) is 4.32. The number of carbonyl (C=O) groups is 1. The first-order valence-corrected chi connectivity index (χ1v) is 8.78. The van der Waals surface area contributed by atoms with Crippen molar-refractivity contribution in [3.63, 3.8) is 0 Å². The van der Waals surface area contributed by atoms with Gasteiger partial charge in [-0.15, -0.1) is 5.10 Å². The predicted octanol–water partition coefficient (Wildman–Crippen LogP) is 1.94. The van der Waals surface area contributed by atoms with Crippen LogP contribution in [0.2, 0.25) is 0 Å². The quantitative estimate of drug-likeness (QED) is 0.855. The summed E-state index contributed by atoms with van der Waals surface area (Å²) in [6, 6.07) is 2.09. The van der Waals surface area contributed by atoms with Gasteiger partial charge in [-0.05, 0) is 32.1 Å². The van der Waals surface area contributed by atoms with E-state index in [1.54, 1.807) is 4.68 Å². The fraction of sp³-hybridized carbons (Fsp3) is 0.588. The van der Waals surface area contributed by atoms with Crippen molar-refractivity contribution >= 4 is 11.8 Å². The molecule has 3 rings (SSSR count). The predicted molar refractivity (Wildman–Crippen MR) is 92.7 cm³/mol. The lowest BCUT2D eigenvalue weighted by molar-refractivity contribution is 0.0690. The number of hydrogen-bond donors (Lipinski definition) is 1. The summed E-state index contributed by atoms with van der Waals surface area (Å²) >= 11 is 0. The van der Waals surface area contributed by atoms with Gasteiger partial charge >= 0.3 is 5.97 Å². The Bertz CT molecular complexity index is 744. The lowest BCUT2D eigenvalue weighted by Gasteiger charge is -2.33. The normalized spacial score (nSPS) is 17.7. The van der Waals surface area contributed by atoms with Crippen LogP contribution in [0.3, 0.4) is 0 Å². The molecule has 134 valence electrons. The van der Waals surface area contributed by atoms with Crippen LogP contribution in [0.4, 0.5) is 5.82 Å². The van der Waals surface area contributed by atoms with Crippen molar-refractivity contribution in [2.45, 2.75) is 46.1 Å². The second-order valence-electron chi connectivity index (χ2n) is 6.60. The Morgan fingerprint density at radius 2 is 2.24 bits per heavy atom. The number of carboxylic acids is 1. The van der Waals surface area contributed by atoms with Crippen molar-refractivity contribution < 1.29 is 9.90 Å². The van der Waals surface area contributed by atoms with Gasteiger partial charge in [0.1, 0.15) is 11.6 Å². The van der Waals surface area contributed by atoms with Crippen LogP contribution in [0, 0.1) is 12.8 Å². The maximum absolute atomic E-state index is 10.9. The smallest absolute Gasteiger partial charge is 0.358 e. The minimum Gasteiger partial charge on any atom is -0.476 e. The van der Waals surface area contributed by atoms with Crippen molar-refractivity contribution in [2.24, 2.45) is 5.92 Å². The zero-order valence-corrected chi connectivity index (χ0v) is 14.7. The summed E-state index contributed by atoms with van der Waals surface area (Å²) in [7, 11) is 0. The highest BCUT2D eigenvalue weighted by molar-refractivity contribution is 5.84. The molecule has 0 spiro atoms. The number of rotatable bonds is 6. The Morgan fingerprint density at radius 3 is 2.96 bits per heavy atom. The number of anilines is 1. The molecule has 1 fully saturated rings. The maximum atomic E-state index is 10.9. The molecule has 0 radical (unpaired) electrons. The van der Waals surface area contributed by atoms with Gasteiger partial charge in [0.15, 0.2) is 5.69 Å². The van der Waals surface area contributed by atoms with E-state index in [0.29, 0.717) is 12.5 Å². The molecule has 0 bridgehead atoms. The molecule has 1 N–H and O–H groups in total. The fourth-order valence-corrected chi connectivity index (χ4v) is 3.33. The zero-order chi connectivity index (χ0) is 17.8. The molecule has 8 nitrogen and oxygen atoms in total. The Hall–Kier alpha value is -2.51. The molecule has 2 aromatic rings. The Morgan fingerprint density at radius 1 is 1.40 bits per heavy atom. The van der Waals surface area contributed by atoms with Crippen LogP contribution in [0.1, 0.15) is 48.2 Å². The first-order chi connectivity index (χ1) is 12.0. The molecule has 3 heterocycles. The van der Waals surface area contributed by atoms with E-state index in [4.69, 9.17) is 5.11 Å². The number of aromatic carboxylic acids is 1. The Kier molecular flexibility index (Phi) is 5.25. The second kappa shape index (κ2) is 7.58. The van der Waals surface area contributed by atoms with Crippen LogP contribution in [-0.4, -0.2) is 49.1 Å². The summed E-state index contributed by atoms with van der Waals surface area (Å²) < 4.78 is 1.63. The Balaban J connectivity index is 1.69. The van der Waals surface area contributed by atoms with Crippen molar-refractivity contribution in [1.29, 1.82) is 0 Å². The van der Waals surface area contributed by atoms with Crippen molar-refractivity contribution in [3.05, 3.63) is 29.5 Å². The van der Waals surface area contributed by atoms with Crippen LogP contribution in [0.5, 0.6) is 0 Å². The molecule has 0 amide bonds. The van der Waals surface area contributed by atoms with E-state index < -0.39 is 5.97 Å². The number of nitrogens with zero attached hydrogens (tertiary/aromatic N) is 6. The third-order valence-electron chi connectivity index (χ3n) is 4.43. The van der Waals surface area contributed by atoms with Crippen LogP contribution < -0.4 is 4.90 Å². The van der Waals surface area contributed by atoms with E-state index in [1.807, 2.05) is 6.92 Å². The molecule has 0 saturated carbocycles. The van der Waals surface area contributed by atoms with Gasteiger partial charge in [0.25, 0.3) is 0 Å². The molecule has 0 aliphatic carbocycles. The van der Waals surface area contributed by atoms with Gasteiger partial charge in [0.05, 0.1) is 6.20 Å². The molecule has 1 atom stereocenters. The average Bonchev–Trinajstić information content (AvgIpc) is 3.04. The Labute approximate surface area is 146 Å². The van der Waals surface area contributed by atoms with Gasteiger partial charge < -0.3 is 10.0 Å². The molecule has 1 saturated heterocycles. The number of carboxylic acid groups (broad SMARTS) is 1. The van der Waals surface area contributed by atoms with Gasteiger partial charge in [-0.3, -0.25) is 4.68 Å². The molecule has 1 aliphatic heterocycles. The monoisotopic (exact) mass is 344 g/mol. The van der Waals surface area contributed by atoms with Crippen LogP contribution in [0.15, 0.2) is 12.3 Å². The van der Waals surface area contributed by atoms with Gasteiger partial charge in [0, 0.05) is 31.4 Å². The molecular formula is C17H24N6O2. The minimum absolute atomic E-state index is 0.0108. The molecular weight excluding hydrogens is 320 g/mol. The van der Waals surface area contributed by atoms with Crippen molar-refractivity contribution in [1.82, 2.24) is 25.0 Å². The summed E-state index contributed by atoms with van der Waals surface area (Å²) in [5, 5.41) is 16.6. The average molecular weight is 344 g/mol. The van der Waals surface area contributed by atoms with E-state index in [2.05, 4.69) is 38.2 Å². The standard InChI is InChI=1S/C17H24N6O2/c1-3-5-14-8-16(19-12(2)18-14)22-7-4-6-13(9-22)10-23-11-15(17(24)25)20-21-23/h8,11,13H,3-7,9-10H2,1-2H3,(H,24,25)/t13-/m1/s1. The second-order valence-corrected chi connectivity index (χ2v) is 6.60. The number of hydrogen-bond acceptors (Lipinski definition) is 6. The highest BCUT2D eigenvalue weighted by Crippen LogP contribution is 2.23. The summed E-state index contributed by atoms with van der Waals surface area (Å²) in [5.74, 6) is 1.15. The van der Waals surface area contributed by atoms with Crippen molar-refractivity contribution in [3.8, 4) is 0 Å². The van der Waals surface area contributed by atoms with E-state index in [-0.39, 0.29) is 5.69 Å². The number of piperidine rings is 1. The number of aryl methyl sites for hydroxylation is 2. The van der Waals surface area contributed by atoms with Crippen molar-refractivity contribution in [2.75, 3.05) is 18.0 Å². The minimum atomic E-state index is -1.04. The van der Waals surface area contributed by atoms with Gasteiger partial charge in [0.2, 0.25) is 0 Å². The van der Waals surface area contributed by atoms with E-state index >= 15 is 0 Å². The molecule has 8 heteroatoms. The largest absolute Gasteiger partial charge is 0.476 e. The SMILES string of the molecule is CCCc1cc(N2CCC[C@@H](Cn3cc(C(=O)O)nn3)C2)nc(C)n1. The highest BCUT2D eigenvalue weighted by Gasteiger charge is 2.23. The zero-order valence-electron chi connectivity index (χ0n) is 14.7. The fourth-order valence-electron chi connectivity index (χ4n) is 3.33. The first kappa shape index (κ1) is 17.3. The summed E-state index contributed by atoms with van der Waals surface area (Å²) in [6.45, 7) is 6.62. The molecule has 0 aromatic carbocycles. The molecule has 25 heavy (non-hydrogen) atoms. The van der Waals surface area contributed by atoms with Crippen LogP contribution in [-0.2, 0) is 13.0 Å². The lowest BCUT2D eigenvalue weighted by Crippen LogP contribution is -2.38. The van der Waals surface area contributed by atoms with Gasteiger partial charge in [-0.1, -0.05) is 18.6 Å². The van der Waals surface area contributed by atoms with Gasteiger partial charge in [-0.25, -0.2) is 14.8 Å². The van der Waals surface area contributed by atoms with Gasteiger partial charge in [-0.2, -0.15) is 0 Å². The molecule has 1 aliphatic rings. The molecule has 2 aromatic heterocycles. The summed E-state index contributed by atoms with van der Waals surface area (Å²) in [6.07, 6.45) is 5.69. The summed E-state index contributed by atoms with van der Waals surface area (Å²) in [4.78, 5) is 22.3. The van der Waals surface area contributed by atoms with E-state index in [9.17, 15) is 4.79 Å². The first-order valence-electron chi connectivity index (χ1n) is 8.78. The van der Waals surface area contributed by atoms with E-state index in [1.165, 1.54) is 6.20 Å². The number of aromatic nitrogens is 5. The highest BCUT2D eigenvalue weighted by atomic mass is 16.4. The topological polar surface area (TPSA) is 97.0 Å². The molecule has 0 unspecified atom stereocenters. The lowest BCUT2D eigenvalue weighted by atomic mass is 9.98. The van der Waals surface area contributed by atoms with Crippen LogP contribution >= 0.6 is 0 Å². The third-order valence-corrected chi connectivity index (χ3v) is 4.43. The van der Waals surface area contributed by atoms with E-state index in [0.717, 1.165) is 56.1 Å². The maximum Gasteiger partial charge on any atom is 0.358 e. The van der Waals surface area contributed by atoms with Crippen LogP contribution in [0.25, 0.3) is 0 Å². The summed E-state index contributed by atoms with van der Waals surface area (Å²) in [5.41, 5.74) is 1.08.